The Morgan fingerprint density at radius 2 is 1.94 bits per heavy atom. The lowest BCUT2D eigenvalue weighted by atomic mass is 10.0. The lowest BCUT2D eigenvalue weighted by Gasteiger charge is -2.21. The summed E-state index contributed by atoms with van der Waals surface area (Å²) in [5.74, 6) is -0.422. The van der Waals surface area contributed by atoms with Crippen molar-refractivity contribution in [3.8, 4) is 0 Å². The second-order valence-electron chi connectivity index (χ2n) is 4.19. The van der Waals surface area contributed by atoms with Crippen molar-refractivity contribution in [2.75, 3.05) is 26.9 Å². The molecule has 1 atom stereocenters. The molecule has 0 spiro atoms. The molecule has 5 heteroatoms. The quantitative estimate of drug-likeness (QED) is 0.494. The molecular weight excluding hydrogens is 210 g/mol. The van der Waals surface area contributed by atoms with E-state index in [0.717, 1.165) is 0 Å². The zero-order valence-electron chi connectivity index (χ0n) is 10.6. The molecule has 0 saturated heterocycles. The van der Waals surface area contributed by atoms with Crippen molar-refractivity contribution in [3.05, 3.63) is 0 Å². The van der Waals surface area contributed by atoms with Gasteiger partial charge < -0.3 is 19.9 Å². The number of methoxy groups -OCH3 is 1. The smallest absolute Gasteiger partial charge is 0.325 e. The average molecular weight is 233 g/mol. The number of ether oxygens (including phenoxy) is 3. The number of nitrogens with two attached hydrogens (primary N) is 1. The molecule has 0 rings (SSSR count). The molecule has 0 aromatic heterocycles. The minimum atomic E-state index is -0.979. The monoisotopic (exact) mass is 233 g/mol. The Kier molecular flexibility index (Phi) is 7.29. The summed E-state index contributed by atoms with van der Waals surface area (Å²) >= 11 is 0. The Morgan fingerprint density at radius 3 is 2.44 bits per heavy atom. The van der Waals surface area contributed by atoms with Gasteiger partial charge in [0, 0.05) is 6.61 Å². The van der Waals surface area contributed by atoms with E-state index in [-0.39, 0.29) is 6.10 Å². The van der Waals surface area contributed by atoms with Crippen molar-refractivity contribution < 1.29 is 19.0 Å². The Bertz CT molecular complexity index is 204. The summed E-state index contributed by atoms with van der Waals surface area (Å²) < 4.78 is 15.2. The van der Waals surface area contributed by atoms with Gasteiger partial charge in [-0.1, -0.05) is 0 Å². The molecule has 0 aliphatic carbocycles. The van der Waals surface area contributed by atoms with E-state index in [4.69, 9.17) is 15.2 Å². The van der Waals surface area contributed by atoms with Crippen LogP contribution in [0.3, 0.4) is 0 Å². The predicted molar refractivity (Wildman–Crippen MR) is 61.1 cm³/mol. The third kappa shape index (κ3) is 6.76. The Labute approximate surface area is 97.2 Å². The van der Waals surface area contributed by atoms with Crippen LogP contribution < -0.4 is 5.73 Å². The summed E-state index contributed by atoms with van der Waals surface area (Å²) in [6, 6.07) is 0. The van der Waals surface area contributed by atoms with Gasteiger partial charge in [-0.2, -0.15) is 0 Å². The van der Waals surface area contributed by atoms with Crippen molar-refractivity contribution in [1.29, 1.82) is 0 Å². The number of carbonyl (C=O) groups excluding carboxylic acids is 1. The number of hydrogen-bond donors (Lipinski definition) is 1. The van der Waals surface area contributed by atoms with Crippen LogP contribution in [0.4, 0.5) is 0 Å². The minimum Gasteiger partial charge on any atom is -0.468 e. The summed E-state index contributed by atoms with van der Waals surface area (Å²) in [4.78, 5) is 11.2. The first kappa shape index (κ1) is 15.3. The maximum Gasteiger partial charge on any atom is 0.325 e. The highest BCUT2D eigenvalue weighted by molar-refractivity contribution is 5.79. The molecule has 0 aromatic rings. The summed E-state index contributed by atoms with van der Waals surface area (Å²) in [6.07, 6.45) is 0.639. The van der Waals surface area contributed by atoms with E-state index in [1.165, 1.54) is 7.11 Å². The van der Waals surface area contributed by atoms with Crippen molar-refractivity contribution in [1.82, 2.24) is 0 Å². The van der Waals surface area contributed by atoms with E-state index in [2.05, 4.69) is 4.74 Å². The highest BCUT2D eigenvalue weighted by Crippen LogP contribution is 2.07. The van der Waals surface area contributed by atoms with Crippen LogP contribution in [0.25, 0.3) is 0 Å². The molecular formula is C11H23NO4. The van der Waals surface area contributed by atoms with Crippen LogP contribution >= 0.6 is 0 Å². The molecule has 0 bridgehead atoms. The first-order valence-electron chi connectivity index (χ1n) is 5.47. The van der Waals surface area contributed by atoms with Crippen LogP contribution in [0, 0.1) is 0 Å². The van der Waals surface area contributed by atoms with Gasteiger partial charge >= 0.3 is 5.97 Å². The summed E-state index contributed by atoms with van der Waals surface area (Å²) in [7, 11) is 1.32. The first-order chi connectivity index (χ1) is 7.40. The number of rotatable bonds is 8. The van der Waals surface area contributed by atoms with Crippen LogP contribution in [0.2, 0.25) is 0 Å². The average Bonchev–Trinajstić information content (AvgIpc) is 2.21. The number of hydrogen-bond acceptors (Lipinski definition) is 5. The van der Waals surface area contributed by atoms with Crippen LogP contribution in [-0.2, 0) is 19.0 Å². The van der Waals surface area contributed by atoms with E-state index in [1.807, 2.05) is 13.8 Å². The fourth-order valence-corrected chi connectivity index (χ4v) is 1.06. The third-order valence-electron chi connectivity index (χ3n) is 2.10. The van der Waals surface area contributed by atoms with Gasteiger partial charge in [0.05, 0.1) is 26.4 Å². The molecule has 0 radical (unpaired) electrons. The van der Waals surface area contributed by atoms with Gasteiger partial charge in [-0.3, -0.25) is 4.79 Å². The standard InChI is InChI=1S/C11H23NO4/c1-9(2)16-8-7-15-6-5-11(3,12)10(13)14-4/h9H,5-8,12H2,1-4H3. The van der Waals surface area contributed by atoms with Gasteiger partial charge in [-0.25, -0.2) is 0 Å². The van der Waals surface area contributed by atoms with Crippen LogP contribution in [0.1, 0.15) is 27.2 Å². The van der Waals surface area contributed by atoms with Crippen LogP contribution in [0.5, 0.6) is 0 Å². The van der Waals surface area contributed by atoms with Crippen LogP contribution in [0.15, 0.2) is 0 Å². The maximum absolute atomic E-state index is 11.2. The van der Waals surface area contributed by atoms with Crippen molar-refractivity contribution in [3.63, 3.8) is 0 Å². The fourth-order valence-electron chi connectivity index (χ4n) is 1.06. The van der Waals surface area contributed by atoms with E-state index < -0.39 is 11.5 Å². The van der Waals surface area contributed by atoms with Crippen molar-refractivity contribution >= 4 is 5.97 Å². The number of esters is 1. The summed E-state index contributed by atoms with van der Waals surface area (Å²) in [5.41, 5.74) is 4.77. The van der Waals surface area contributed by atoms with Gasteiger partial charge in [-0.15, -0.1) is 0 Å². The Morgan fingerprint density at radius 1 is 1.31 bits per heavy atom. The predicted octanol–water partition coefficient (Wildman–Crippen LogP) is 0.709. The van der Waals surface area contributed by atoms with E-state index >= 15 is 0 Å². The molecule has 0 aliphatic heterocycles. The molecule has 0 aliphatic rings. The minimum absolute atomic E-state index is 0.207. The Hall–Kier alpha value is -0.650. The third-order valence-corrected chi connectivity index (χ3v) is 2.10. The second kappa shape index (κ2) is 7.60. The molecule has 2 N–H and O–H groups in total. The molecule has 0 saturated carbocycles. The highest BCUT2D eigenvalue weighted by atomic mass is 16.5. The molecule has 5 nitrogen and oxygen atoms in total. The molecule has 0 aromatic carbocycles. The van der Waals surface area contributed by atoms with Gasteiger partial charge in [0.25, 0.3) is 0 Å². The Balaban J connectivity index is 3.54. The van der Waals surface area contributed by atoms with Crippen LogP contribution in [-0.4, -0.2) is 44.5 Å². The first-order valence-corrected chi connectivity index (χ1v) is 5.47. The van der Waals surface area contributed by atoms with E-state index in [1.54, 1.807) is 6.92 Å². The lowest BCUT2D eigenvalue weighted by Crippen LogP contribution is -2.46. The van der Waals surface area contributed by atoms with E-state index in [9.17, 15) is 4.79 Å². The summed E-state index contributed by atoms with van der Waals surface area (Å²) in [5, 5.41) is 0. The zero-order chi connectivity index (χ0) is 12.6. The van der Waals surface area contributed by atoms with Gasteiger partial charge in [0.15, 0.2) is 0 Å². The largest absolute Gasteiger partial charge is 0.468 e. The topological polar surface area (TPSA) is 70.8 Å². The van der Waals surface area contributed by atoms with Gasteiger partial charge in [0.1, 0.15) is 5.54 Å². The van der Waals surface area contributed by atoms with E-state index in [0.29, 0.717) is 26.2 Å². The molecule has 16 heavy (non-hydrogen) atoms. The fraction of sp³-hybridized carbons (Fsp3) is 0.909. The maximum atomic E-state index is 11.2. The normalized spacial score (nSPS) is 14.9. The van der Waals surface area contributed by atoms with Crippen molar-refractivity contribution in [2.45, 2.75) is 38.8 Å². The molecule has 0 amide bonds. The number of carbonyl (C=O) groups is 1. The molecule has 0 heterocycles. The van der Waals surface area contributed by atoms with Gasteiger partial charge in [-0.05, 0) is 27.2 Å². The van der Waals surface area contributed by atoms with Crippen molar-refractivity contribution in [2.24, 2.45) is 5.73 Å². The lowest BCUT2D eigenvalue weighted by molar-refractivity contribution is -0.147. The summed E-state index contributed by atoms with van der Waals surface area (Å²) in [6.45, 7) is 7.05. The highest BCUT2D eigenvalue weighted by Gasteiger charge is 2.28. The van der Waals surface area contributed by atoms with Gasteiger partial charge in [0.2, 0.25) is 0 Å². The molecule has 96 valence electrons. The molecule has 0 fully saturated rings. The zero-order valence-corrected chi connectivity index (χ0v) is 10.6. The second-order valence-corrected chi connectivity index (χ2v) is 4.19. The molecule has 1 unspecified atom stereocenters. The SMILES string of the molecule is COC(=O)C(C)(N)CCOCCOC(C)C.